The zero-order valence-corrected chi connectivity index (χ0v) is 20.9. The maximum Gasteiger partial charge on any atom is 0.253 e. The number of fused-ring (bicyclic) bond motifs is 2. The minimum atomic E-state index is -0.525. The van der Waals surface area contributed by atoms with Crippen molar-refractivity contribution in [1.29, 1.82) is 0 Å². The molecule has 6 rings (SSSR count). The Hall–Kier alpha value is -3.57. The summed E-state index contributed by atoms with van der Waals surface area (Å²) in [5.74, 6) is -0.694. The maximum atomic E-state index is 13.0. The van der Waals surface area contributed by atoms with E-state index in [2.05, 4.69) is 25.8 Å². The number of rotatable bonds is 8. The average Bonchev–Trinajstić information content (AvgIpc) is 3.58. The van der Waals surface area contributed by atoms with Crippen LogP contribution >= 0.6 is 11.3 Å². The molecule has 1 saturated carbocycles. The van der Waals surface area contributed by atoms with E-state index in [4.69, 9.17) is 5.73 Å². The van der Waals surface area contributed by atoms with Crippen molar-refractivity contribution in [3.8, 4) is 21.7 Å². The number of nitrogens with one attached hydrogen (secondary N) is 2. The molecule has 0 saturated heterocycles. The van der Waals surface area contributed by atoms with Crippen molar-refractivity contribution in [2.24, 2.45) is 5.73 Å². The van der Waals surface area contributed by atoms with E-state index in [0.29, 0.717) is 28.5 Å². The number of thiazole rings is 1. The molecule has 1 aliphatic carbocycles. The molecular weight excluding hydrogens is 476 g/mol. The van der Waals surface area contributed by atoms with Gasteiger partial charge in [0, 0.05) is 54.4 Å². The lowest BCUT2D eigenvalue weighted by atomic mass is 9.93. The molecular formula is C25H28N8O2S. The SMILES string of the molecule is Cc1ncc(C(=O)NCCNC2CCC2)cc1-c1c(-c2cnn3c2CCC3)sc2c(C(N)=O)cnn12. The fourth-order valence-corrected chi connectivity index (χ4v) is 6.20. The third-order valence-corrected chi connectivity index (χ3v) is 8.35. The summed E-state index contributed by atoms with van der Waals surface area (Å²) < 4.78 is 3.77. The van der Waals surface area contributed by atoms with E-state index >= 15 is 0 Å². The molecule has 0 spiro atoms. The number of amides is 2. The summed E-state index contributed by atoms with van der Waals surface area (Å²) in [6, 6.07) is 2.44. The Bertz CT molecular complexity index is 1480. The highest BCUT2D eigenvalue weighted by Gasteiger charge is 2.27. The number of nitrogens with zero attached hydrogens (tertiary/aromatic N) is 5. The summed E-state index contributed by atoms with van der Waals surface area (Å²) in [7, 11) is 0. The van der Waals surface area contributed by atoms with Gasteiger partial charge in [-0.1, -0.05) is 6.42 Å². The van der Waals surface area contributed by atoms with Crippen LogP contribution in [0.4, 0.5) is 0 Å². The summed E-state index contributed by atoms with van der Waals surface area (Å²) in [6.45, 7) is 4.10. The molecule has 11 heteroatoms. The topological polar surface area (TPSA) is 132 Å². The summed E-state index contributed by atoms with van der Waals surface area (Å²) in [6.07, 6.45) is 10.7. The Morgan fingerprint density at radius 2 is 2.00 bits per heavy atom. The standard InChI is InChI=1S/C25H28N8O2S/c1-14-17(10-15(11-29-14)24(35)28-8-7-27-16-4-2-5-16)21-22(18-12-30-32-9-3-6-20(18)32)36-25-19(23(26)34)13-31-33(21)25/h10-13,16,27H,2-9H2,1H3,(H2,26,34)(H,28,35). The van der Waals surface area contributed by atoms with Gasteiger partial charge in [0.1, 0.15) is 4.83 Å². The van der Waals surface area contributed by atoms with Gasteiger partial charge in [0.2, 0.25) is 0 Å². The molecule has 0 atom stereocenters. The van der Waals surface area contributed by atoms with Gasteiger partial charge >= 0.3 is 0 Å². The van der Waals surface area contributed by atoms with Crippen LogP contribution in [0.5, 0.6) is 0 Å². The van der Waals surface area contributed by atoms with Gasteiger partial charge in [-0.2, -0.15) is 10.2 Å². The first-order valence-corrected chi connectivity index (χ1v) is 13.2. The summed E-state index contributed by atoms with van der Waals surface area (Å²) >= 11 is 1.46. The first-order valence-electron chi connectivity index (χ1n) is 12.3. The first kappa shape index (κ1) is 22.9. The number of carbonyl (C=O) groups is 2. The molecule has 0 aromatic carbocycles. The highest BCUT2D eigenvalue weighted by Crippen LogP contribution is 2.43. The van der Waals surface area contributed by atoms with E-state index in [1.807, 2.05) is 23.9 Å². The van der Waals surface area contributed by atoms with Crippen LogP contribution in [0.2, 0.25) is 0 Å². The second kappa shape index (κ2) is 9.14. The quantitative estimate of drug-likeness (QED) is 0.316. The van der Waals surface area contributed by atoms with Gasteiger partial charge in [-0.05, 0) is 38.7 Å². The van der Waals surface area contributed by atoms with Crippen molar-refractivity contribution < 1.29 is 9.59 Å². The van der Waals surface area contributed by atoms with Gasteiger partial charge in [-0.15, -0.1) is 11.3 Å². The summed E-state index contributed by atoms with van der Waals surface area (Å²) in [5.41, 5.74) is 11.0. The molecule has 4 aromatic heterocycles. The van der Waals surface area contributed by atoms with Gasteiger partial charge in [0.15, 0.2) is 0 Å². The van der Waals surface area contributed by atoms with Gasteiger partial charge < -0.3 is 16.4 Å². The largest absolute Gasteiger partial charge is 0.365 e. The number of aryl methyl sites for hydroxylation is 2. The third-order valence-electron chi connectivity index (χ3n) is 7.15. The van der Waals surface area contributed by atoms with Gasteiger partial charge in [0.25, 0.3) is 11.8 Å². The highest BCUT2D eigenvalue weighted by molar-refractivity contribution is 7.21. The Kier molecular flexibility index (Phi) is 5.81. The molecule has 1 fully saturated rings. The van der Waals surface area contributed by atoms with Crippen molar-refractivity contribution in [3.63, 3.8) is 0 Å². The summed E-state index contributed by atoms with van der Waals surface area (Å²) in [4.78, 5) is 31.2. The van der Waals surface area contributed by atoms with Crippen LogP contribution in [0.15, 0.2) is 24.7 Å². The van der Waals surface area contributed by atoms with Crippen LogP contribution < -0.4 is 16.4 Å². The lowest BCUT2D eigenvalue weighted by molar-refractivity contribution is 0.0951. The predicted molar refractivity (Wildman–Crippen MR) is 137 cm³/mol. The molecule has 2 amide bonds. The van der Waals surface area contributed by atoms with Gasteiger partial charge in [-0.3, -0.25) is 19.3 Å². The molecule has 2 aliphatic rings. The normalized spacial score (nSPS) is 15.2. The molecule has 4 N–H and O–H groups in total. The lowest BCUT2D eigenvalue weighted by Gasteiger charge is -2.26. The molecule has 186 valence electrons. The number of carbonyl (C=O) groups excluding carboxylic acids is 2. The third kappa shape index (κ3) is 3.88. The van der Waals surface area contributed by atoms with Crippen molar-refractivity contribution in [3.05, 3.63) is 47.2 Å². The number of hydrogen-bond donors (Lipinski definition) is 3. The number of nitrogens with two attached hydrogens (primary N) is 1. The second-order valence-corrected chi connectivity index (χ2v) is 10.4. The number of aromatic nitrogens is 5. The van der Waals surface area contributed by atoms with Crippen LogP contribution in [0, 0.1) is 6.92 Å². The zero-order valence-electron chi connectivity index (χ0n) is 20.1. The first-order chi connectivity index (χ1) is 17.5. The monoisotopic (exact) mass is 504 g/mol. The molecule has 1 aliphatic heterocycles. The Labute approximate surface area is 211 Å². The average molecular weight is 505 g/mol. The second-order valence-electron chi connectivity index (χ2n) is 9.45. The zero-order chi connectivity index (χ0) is 24.8. The van der Waals surface area contributed by atoms with Crippen LogP contribution in [-0.4, -0.2) is 55.3 Å². The van der Waals surface area contributed by atoms with E-state index in [9.17, 15) is 9.59 Å². The smallest absolute Gasteiger partial charge is 0.253 e. The Morgan fingerprint density at radius 1 is 1.14 bits per heavy atom. The van der Waals surface area contributed by atoms with Crippen LogP contribution in [-0.2, 0) is 13.0 Å². The minimum Gasteiger partial charge on any atom is -0.365 e. The number of primary amides is 1. The van der Waals surface area contributed by atoms with Crippen molar-refractivity contribution >= 4 is 28.0 Å². The highest BCUT2D eigenvalue weighted by atomic mass is 32.1. The van der Waals surface area contributed by atoms with Gasteiger partial charge in [0.05, 0.1) is 34.1 Å². The van der Waals surface area contributed by atoms with Crippen molar-refractivity contribution in [2.45, 2.75) is 51.6 Å². The van der Waals surface area contributed by atoms with E-state index in [1.165, 1.54) is 42.5 Å². The molecule has 4 aromatic rings. The van der Waals surface area contributed by atoms with E-state index in [1.54, 1.807) is 10.7 Å². The van der Waals surface area contributed by atoms with E-state index < -0.39 is 5.91 Å². The number of pyridine rings is 1. The van der Waals surface area contributed by atoms with Crippen molar-refractivity contribution in [2.75, 3.05) is 13.1 Å². The van der Waals surface area contributed by atoms with Gasteiger partial charge in [-0.25, -0.2) is 4.52 Å². The van der Waals surface area contributed by atoms with E-state index in [-0.39, 0.29) is 5.91 Å². The fourth-order valence-electron chi connectivity index (χ4n) is 4.94. The molecule has 5 heterocycles. The molecule has 0 radical (unpaired) electrons. The Balaban J connectivity index is 1.39. The van der Waals surface area contributed by atoms with Crippen molar-refractivity contribution in [1.82, 2.24) is 35.0 Å². The molecule has 36 heavy (non-hydrogen) atoms. The van der Waals surface area contributed by atoms with Crippen LogP contribution in [0.1, 0.15) is 57.8 Å². The molecule has 0 unspecified atom stereocenters. The fraction of sp³-hybridized carbons (Fsp3) is 0.400. The Morgan fingerprint density at radius 3 is 2.78 bits per heavy atom. The predicted octanol–water partition coefficient (Wildman–Crippen LogP) is 2.55. The maximum absolute atomic E-state index is 13.0. The minimum absolute atomic E-state index is 0.170. The molecule has 10 nitrogen and oxygen atoms in total. The lowest BCUT2D eigenvalue weighted by Crippen LogP contribution is -2.40. The van der Waals surface area contributed by atoms with Crippen LogP contribution in [0.3, 0.4) is 0 Å². The van der Waals surface area contributed by atoms with Crippen LogP contribution in [0.25, 0.3) is 26.5 Å². The number of hydrogen-bond acceptors (Lipinski definition) is 7. The van der Waals surface area contributed by atoms with E-state index in [0.717, 1.165) is 53.3 Å². The summed E-state index contributed by atoms with van der Waals surface area (Å²) in [5, 5.41) is 15.5. The molecule has 0 bridgehead atoms.